The van der Waals surface area contributed by atoms with E-state index in [9.17, 15) is 14.7 Å². The van der Waals surface area contributed by atoms with Crippen LogP contribution in [0.15, 0.2) is 0 Å². The Kier molecular flexibility index (Phi) is 18.6. The van der Waals surface area contributed by atoms with Crippen LogP contribution >= 0.6 is 0 Å². The van der Waals surface area contributed by atoms with Crippen molar-refractivity contribution in [1.82, 2.24) is 0 Å². The lowest BCUT2D eigenvalue weighted by atomic mass is 9.63. The Morgan fingerprint density at radius 1 is 0.667 bits per heavy atom. The summed E-state index contributed by atoms with van der Waals surface area (Å²) in [7, 11) is 0. The highest BCUT2D eigenvalue weighted by Crippen LogP contribution is 2.46. The highest BCUT2D eigenvalue weighted by molar-refractivity contribution is 5.75. The minimum atomic E-state index is -0.706. The largest absolute Gasteiger partial charge is 0.481 e. The van der Waals surface area contributed by atoms with Gasteiger partial charge in [-0.2, -0.15) is 0 Å². The van der Waals surface area contributed by atoms with Crippen LogP contribution in [-0.2, 0) is 9.59 Å². The van der Waals surface area contributed by atoms with Gasteiger partial charge in [-0.15, -0.1) is 0 Å². The Morgan fingerprint density at radius 2 is 1.12 bits per heavy atom. The summed E-state index contributed by atoms with van der Waals surface area (Å²) in [6.07, 6.45) is 18.2. The van der Waals surface area contributed by atoms with Crippen molar-refractivity contribution in [3.63, 3.8) is 0 Å². The molecule has 3 unspecified atom stereocenters. The third kappa shape index (κ3) is 13.4. The number of carboxylic acid groups (broad SMARTS) is 2. The minimum absolute atomic E-state index is 0.188. The standard InChI is InChI=1S/C29H56O4/c1-6-10-19-25(8-3)22-29(28(32)33,23-26(9-4)20-11-7-2)24(5)18-16-14-12-13-15-17-21-27(30)31/h24-26H,6-23H2,1-5H3,(H,30,31)(H,32,33). The molecule has 0 aromatic heterocycles. The summed E-state index contributed by atoms with van der Waals surface area (Å²) in [5.41, 5.74) is -0.607. The van der Waals surface area contributed by atoms with Crippen molar-refractivity contribution >= 4 is 11.9 Å². The molecular weight excluding hydrogens is 412 g/mol. The van der Waals surface area contributed by atoms with Gasteiger partial charge in [-0.05, 0) is 43.4 Å². The molecule has 0 bridgehead atoms. The van der Waals surface area contributed by atoms with Crippen LogP contribution in [0.4, 0.5) is 0 Å². The molecule has 33 heavy (non-hydrogen) atoms. The van der Waals surface area contributed by atoms with Crippen LogP contribution in [0, 0.1) is 23.2 Å². The van der Waals surface area contributed by atoms with Gasteiger partial charge >= 0.3 is 11.9 Å². The van der Waals surface area contributed by atoms with Gasteiger partial charge in [0.1, 0.15) is 0 Å². The lowest BCUT2D eigenvalue weighted by molar-refractivity contribution is -0.156. The van der Waals surface area contributed by atoms with Crippen LogP contribution in [0.25, 0.3) is 0 Å². The van der Waals surface area contributed by atoms with Crippen LogP contribution in [0.3, 0.4) is 0 Å². The lowest BCUT2D eigenvalue weighted by Gasteiger charge is -2.40. The Morgan fingerprint density at radius 3 is 1.52 bits per heavy atom. The van der Waals surface area contributed by atoms with E-state index in [1.807, 2.05) is 0 Å². The lowest BCUT2D eigenvalue weighted by Crippen LogP contribution is -2.41. The molecule has 0 fully saturated rings. The Hall–Kier alpha value is -1.06. The quantitative estimate of drug-likeness (QED) is 0.147. The first-order valence-electron chi connectivity index (χ1n) is 14.2. The predicted molar refractivity (Wildman–Crippen MR) is 140 cm³/mol. The summed E-state index contributed by atoms with van der Waals surface area (Å²) in [5.74, 6) is -0.0766. The Balaban J connectivity index is 5.18. The predicted octanol–water partition coefficient (Wildman–Crippen LogP) is 9.11. The summed E-state index contributed by atoms with van der Waals surface area (Å²) < 4.78 is 0. The van der Waals surface area contributed by atoms with Crippen LogP contribution in [0.1, 0.15) is 150 Å². The van der Waals surface area contributed by atoms with Gasteiger partial charge in [0.25, 0.3) is 0 Å². The van der Waals surface area contributed by atoms with Gasteiger partial charge in [-0.1, -0.05) is 118 Å². The van der Waals surface area contributed by atoms with E-state index in [1.165, 1.54) is 25.7 Å². The first-order chi connectivity index (χ1) is 15.8. The first kappa shape index (κ1) is 31.9. The number of unbranched alkanes of at least 4 members (excludes halogenated alkanes) is 7. The van der Waals surface area contributed by atoms with E-state index in [2.05, 4.69) is 34.6 Å². The third-order valence-electron chi connectivity index (χ3n) is 8.04. The van der Waals surface area contributed by atoms with Crippen molar-refractivity contribution in [3.05, 3.63) is 0 Å². The third-order valence-corrected chi connectivity index (χ3v) is 8.04. The van der Waals surface area contributed by atoms with Gasteiger partial charge in [0, 0.05) is 6.42 Å². The zero-order valence-electron chi connectivity index (χ0n) is 22.7. The van der Waals surface area contributed by atoms with E-state index >= 15 is 0 Å². The molecule has 0 spiro atoms. The second-order valence-electron chi connectivity index (χ2n) is 10.7. The monoisotopic (exact) mass is 468 g/mol. The van der Waals surface area contributed by atoms with Crippen molar-refractivity contribution < 1.29 is 19.8 Å². The molecule has 0 aromatic rings. The van der Waals surface area contributed by atoms with E-state index in [0.29, 0.717) is 11.8 Å². The summed E-state index contributed by atoms with van der Waals surface area (Å²) >= 11 is 0. The van der Waals surface area contributed by atoms with Gasteiger partial charge in [0.2, 0.25) is 0 Å². The van der Waals surface area contributed by atoms with E-state index in [1.54, 1.807) is 0 Å². The number of carbonyl (C=O) groups is 2. The maximum atomic E-state index is 12.9. The number of hydrogen-bond donors (Lipinski definition) is 2. The number of rotatable bonds is 23. The molecule has 4 heteroatoms. The van der Waals surface area contributed by atoms with Crippen molar-refractivity contribution in [3.8, 4) is 0 Å². The number of carboxylic acids is 2. The van der Waals surface area contributed by atoms with Crippen LogP contribution < -0.4 is 0 Å². The highest BCUT2D eigenvalue weighted by Gasteiger charge is 2.45. The molecule has 0 rings (SSSR count). The minimum Gasteiger partial charge on any atom is -0.481 e. The first-order valence-corrected chi connectivity index (χ1v) is 14.2. The molecule has 196 valence electrons. The molecule has 2 N–H and O–H groups in total. The van der Waals surface area contributed by atoms with E-state index in [-0.39, 0.29) is 12.3 Å². The van der Waals surface area contributed by atoms with Crippen LogP contribution in [0.5, 0.6) is 0 Å². The molecule has 0 radical (unpaired) electrons. The Labute approximate surface area is 205 Å². The van der Waals surface area contributed by atoms with Crippen LogP contribution in [0.2, 0.25) is 0 Å². The second kappa shape index (κ2) is 19.3. The van der Waals surface area contributed by atoms with E-state index < -0.39 is 17.4 Å². The maximum Gasteiger partial charge on any atom is 0.309 e. The SMILES string of the molecule is CCCCC(CC)CC(CC(CC)CCCC)(C(=O)O)C(C)CCCCCCCCC(=O)O. The Bertz CT molecular complexity index is 484. The van der Waals surface area contributed by atoms with Gasteiger partial charge in [-0.3, -0.25) is 9.59 Å². The van der Waals surface area contributed by atoms with Crippen molar-refractivity contribution in [2.24, 2.45) is 23.2 Å². The molecule has 3 atom stereocenters. The van der Waals surface area contributed by atoms with Gasteiger partial charge in [0.15, 0.2) is 0 Å². The molecule has 0 saturated carbocycles. The fourth-order valence-corrected chi connectivity index (χ4v) is 5.50. The fraction of sp³-hybridized carbons (Fsp3) is 0.931. The number of aliphatic carboxylic acids is 2. The molecule has 0 saturated heterocycles. The average molecular weight is 469 g/mol. The van der Waals surface area contributed by atoms with Crippen molar-refractivity contribution in [1.29, 1.82) is 0 Å². The van der Waals surface area contributed by atoms with Gasteiger partial charge in [-0.25, -0.2) is 0 Å². The normalized spacial score (nSPS) is 16.2. The summed E-state index contributed by atoms with van der Waals surface area (Å²) in [6.45, 7) is 11.1. The average Bonchev–Trinajstić information content (AvgIpc) is 2.79. The molecule has 0 aliphatic rings. The summed E-state index contributed by atoms with van der Waals surface area (Å²) in [4.78, 5) is 23.6. The van der Waals surface area contributed by atoms with Crippen LogP contribution in [-0.4, -0.2) is 22.2 Å². The highest BCUT2D eigenvalue weighted by atomic mass is 16.4. The molecule has 4 nitrogen and oxygen atoms in total. The topological polar surface area (TPSA) is 74.6 Å². The zero-order valence-corrected chi connectivity index (χ0v) is 22.7. The molecule has 0 amide bonds. The van der Waals surface area contributed by atoms with Gasteiger partial charge < -0.3 is 10.2 Å². The molecule has 0 aliphatic carbocycles. The van der Waals surface area contributed by atoms with E-state index in [0.717, 1.165) is 83.5 Å². The molecular formula is C29H56O4. The smallest absolute Gasteiger partial charge is 0.309 e. The second-order valence-corrected chi connectivity index (χ2v) is 10.7. The van der Waals surface area contributed by atoms with E-state index in [4.69, 9.17) is 5.11 Å². The van der Waals surface area contributed by atoms with Gasteiger partial charge in [0.05, 0.1) is 5.41 Å². The molecule has 0 aliphatic heterocycles. The zero-order chi connectivity index (χ0) is 25.1. The summed E-state index contributed by atoms with van der Waals surface area (Å²) in [5, 5.41) is 19.4. The van der Waals surface area contributed by atoms with Crippen molar-refractivity contribution in [2.75, 3.05) is 0 Å². The fourth-order valence-electron chi connectivity index (χ4n) is 5.50. The maximum absolute atomic E-state index is 12.9. The summed E-state index contributed by atoms with van der Waals surface area (Å²) in [6, 6.07) is 0. The molecule has 0 heterocycles. The van der Waals surface area contributed by atoms with Crippen molar-refractivity contribution in [2.45, 2.75) is 150 Å². The molecule has 0 aromatic carbocycles. The number of hydrogen-bond acceptors (Lipinski definition) is 2.